The number of aliphatic carboxylic acids is 3. The smallest absolute Gasteiger partial charge is 0.336 e. The number of aryl methyl sites for hydroxylation is 1. The maximum absolute atomic E-state index is 12.7. The summed E-state index contributed by atoms with van der Waals surface area (Å²) in [4.78, 5) is 53.7. The zero-order valence-corrected chi connectivity index (χ0v) is 24.9. The molecule has 0 spiro atoms. The molecule has 226 valence electrons. The molecule has 1 aromatic heterocycles. The van der Waals surface area contributed by atoms with Crippen LogP contribution in [0.3, 0.4) is 0 Å². The number of hydrogen-bond acceptors (Lipinski definition) is 9. The lowest BCUT2D eigenvalue weighted by atomic mass is 9.96. The number of rotatable bonds is 12. The van der Waals surface area contributed by atoms with E-state index in [1.165, 1.54) is 0 Å². The van der Waals surface area contributed by atoms with Crippen LogP contribution in [-0.2, 0) is 25.6 Å². The van der Waals surface area contributed by atoms with Crippen LogP contribution in [0.2, 0.25) is 5.02 Å². The highest BCUT2D eigenvalue weighted by molar-refractivity contribution is 7.12. The largest absolute Gasteiger partial charge is 0.481 e. The van der Waals surface area contributed by atoms with E-state index in [-0.39, 0.29) is 11.9 Å². The first-order valence-electron chi connectivity index (χ1n) is 13.0. The third-order valence-electron chi connectivity index (χ3n) is 6.46. The quantitative estimate of drug-likeness (QED) is 0.237. The lowest BCUT2D eigenvalue weighted by Gasteiger charge is -2.34. The van der Waals surface area contributed by atoms with Crippen molar-refractivity contribution < 1.29 is 39.6 Å². The molecule has 2 heterocycles. The van der Waals surface area contributed by atoms with E-state index in [1.54, 1.807) is 11.3 Å². The SMILES string of the molecule is CCC(CN1CCN(C)CC1)NC(=O)Cc1sc(C)nc1-c1ccc(Cl)cc1.O=C(O)CC(O)(CC(=O)O)C(=O)O. The summed E-state index contributed by atoms with van der Waals surface area (Å²) in [6.07, 6.45) is -0.990. The first kappa shape index (κ1) is 34.1. The average molecular weight is 613 g/mol. The van der Waals surface area contributed by atoms with Gasteiger partial charge in [-0.05, 0) is 32.5 Å². The topological polar surface area (TPSA) is 181 Å². The van der Waals surface area contributed by atoms with Crippen molar-refractivity contribution >= 4 is 46.8 Å². The van der Waals surface area contributed by atoms with Crippen LogP contribution in [0.5, 0.6) is 0 Å². The van der Waals surface area contributed by atoms with Gasteiger partial charge in [0, 0.05) is 54.2 Å². The van der Waals surface area contributed by atoms with Crippen molar-refractivity contribution in [1.29, 1.82) is 0 Å². The monoisotopic (exact) mass is 612 g/mol. The number of nitrogens with one attached hydrogen (secondary N) is 1. The molecule has 1 unspecified atom stereocenters. The molecule has 1 fully saturated rings. The second kappa shape index (κ2) is 15.8. The summed E-state index contributed by atoms with van der Waals surface area (Å²) in [7, 11) is 2.16. The molecule has 41 heavy (non-hydrogen) atoms. The summed E-state index contributed by atoms with van der Waals surface area (Å²) in [6, 6.07) is 7.82. The van der Waals surface area contributed by atoms with Crippen LogP contribution >= 0.6 is 22.9 Å². The number of carbonyl (C=O) groups excluding carboxylic acids is 1. The molecular weight excluding hydrogens is 576 g/mol. The van der Waals surface area contributed by atoms with Crippen molar-refractivity contribution in [2.24, 2.45) is 0 Å². The average Bonchev–Trinajstić information content (AvgIpc) is 3.24. The van der Waals surface area contributed by atoms with Crippen molar-refractivity contribution in [1.82, 2.24) is 20.1 Å². The Labute approximate surface area is 247 Å². The molecule has 0 aliphatic carbocycles. The molecule has 2 aromatic rings. The number of aliphatic hydroxyl groups is 1. The van der Waals surface area contributed by atoms with Gasteiger partial charge in [0.25, 0.3) is 0 Å². The van der Waals surface area contributed by atoms with Gasteiger partial charge >= 0.3 is 17.9 Å². The van der Waals surface area contributed by atoms with Gasteiger partial charge in [-0.2, -0.15) is 0 Å². The maximum atomic E-state index is 12.7. The van der Waals surface area contributed by atoms with E-state index < -0.39 is 36.4 Å². The Morgan fingerprint density at radius 3 is 2.10 bits per heavy atom. The maximum Gasteiger partial charge on any atom is 0.336 e. The Balaban J connectivity index is 0.000000383. The van der Waals surface area contributed by atoms with Crippen LogP contribution in [0.1, 0.15) is 36.1 Å². The van der Waals surface area contributed by atoms with Gasteiger partial charge in [-0.15, -0.1) is 11.3 Å². The van der Waals surface area contributed by atoms with Gasteiger partial charge in [-0.3, -0.25) is 19.3 Å². The first-order chi connectivity index (χ1) is 19.2. The molecule has 0 bridgehead atoms. The van der Waals surface area contributed by atoms with E-state index in [1.807, 2.05) is 31.2 Å². The molecule has 0 radical (unpaired) electrons. The Kier molecular flexibility index (Phi) is 13.1. The molecule has 12 nitrogen and oxygen atoms in total. The fraction of sp³-hybridized carbons (Fsp3) is 0.519. The summed E-state index contributed by atoms with van der Waals surface area (Å²) >= 11 is 7.59. The van der Waals surface area contributed by atoms with Gasteiger partial charge in [0.15, 0.2) is 5.60 Å². The molecule has 0 saturated carbocycles. The van der Waals surface area contributed by atoms with Gasteiger partial charge in [-0.1, -0.05) is 30.7 Å². The zero-order chi connectivity index (χ0) is 30.7. The van der Waals surface area contributed by atoms with Crippen molar-refractivity contribution in [3.8, 4) is 11.3 Å². The molecule has 3 rings (SSSR count). The van der Waals surface area contributed by atoms with Crippen LogP contribution in [0, 0.1) is 6.92 Å². The molecule has 1 atom stereocenters. The molecule has 14 heteroatoms. The number of carbonyl (C=O) groups is 4. The van der Waals surface area contributed by atoms with Crippen LogP contribution in [0.25, 0.3) is 11.3 Å². The van der Waals surface area contributed by atoms with E-state index in [2.05, 4.69) is 34.1 Å². The number of carboxylic acids is 3. The minimum Gasteiger partial charge on any atom is -0.481 e. The van der Waals surface area contributed by atoms with Crippen LogP contribution < -0.4 is 5.32 Å². The van der Waals surface area contributed by atoms with E-state index in [0.717, 1.165) is 60.3 Å². The second-order valence-corrected chi connectivity index (χ2v) is 11.7. The predicted octanol–water partition coefficient (Wildman–Crippen LogP) is 2.21. The Hall–Kier alpha value is -3.10. The number of halogens is 1. The Morgan fingerprint density at radius 1 is 1.05 bits per heavy atom. The van der Waals surface area contributed by atoms with Crippen molar-refractivity contribution in [3.05, 3.63) is 39.2 Å². The molecule has 1 aliphatic heterocycles. The van der Waals surface area contributed by atoms with Gasteiger partial charge < -0.3 is 30.6 Å². The van der Waals surface area contributed by atoms with E-state index in [0.29, 0.717) is 11.4 Å². The Bertz CT molecular complexity index is 1180. The molecule has 5 N–H and O–H groups in total. The molecule has 1 aliphatic rings. The lowest BCUT2D eigenvalue weighted by Crippen LogP contribution is -2.50. The van der Waals surface area contributed by atoms with Crippen LogP contribution in [-0.4, -0.2) is 110 Å². The Morgan fingerprint density at radius 2 is 1.61 bits per heavy atom. The van der Waals surface area contributed by atoms with Crippen molar-refractivity contribution in [2.45, 2.75) is 51.2 Å². The number of piperazine rings is 1. The lowest BCUT2D eigenvalue weighted by molar-refractivity contribution is -0.170. The number of amides is 1. The number of hydrogen-bond donors (Lipinski definition) is 5. The highest BCUT2D eigenvalue weighted by atomic mass is 35.5. The fourth-order valence-electron chi connectivity index (χ4n) is 4.18. The fourth-order valence-corrected chi connectivity index (χ4v) is 5.26. The molecule has 1 amide bonds. The van der Waals surface area contributed by atoms with E-state index in [4.69, 9.17) is 32.0 Å². The van der Waals surface area contributed by atoms with E-state index >= 15 is 0 Å². The van der Waals surface area contributed by atoms with Crippen LogP contribution in [0.15, 0.2) is 24.3 Å². The van der Waals surface area contributed by atoms with Gasteiger partial charge in [0.05, 0.1) is 30.0 Å². The normalized spacial score (nSPS) is 15.0. The van der Waals surface area contributed by atoms with Gasteiger partial charge in [0.1, 0.15) is 0 Å². The minimum atomic E-state index is -2.74. The zero-order valence-electron chi connectivity index (χ0n) is 23.3. The second-order valence-electron chi connectivity index (χ2n) is 9.94. The van der Waals surface area contributed by atoms with Gasteiger partial charge in [0.2, 0.25) is 5.91 Å². The highest BCUT2D eigenvalue weighted by Crippen LogP contribution is 2.29. The minimum absolute atomic E-state index is 0.0693. The third kappa shape index (κ3) is 11.4. The first-order valence-corrected chi connectivity index (χ1v) is 14.2. The predicted molar refractivity (Wildman–Crippen MR) is 154 cm³/mol. The highest BCUT2D eigenvalue weighted by Gasteiger charge is 2.40. The van der Waals surface area contributed by atoms with Crippen molar-refractivity contribution in [2.75, 3.05) is 39.8 Å². The standard InChI is InChI=1S/C21H29ClN4OS.C6H8O7/c1-4-18(14-26-11-9-25(3)10-12-26)24-20(27)13-19-21(23-15(2)28-19)16-5-7-17(22)8-6-16;7-3(8)1-6(13,5(11)12)2-4(9)10/h5-8,18H,4,9-14H2,1-3H3,(H,24,27);13H,1-2H2,(H,7,8)(H,9,10)(H,11,12). The molecular formula is C27H37ClN4O8S. The summed E-state index contributed by atoms with van der Waals surface area (Å²) in [5, 5.41) is 38.7. The third-order valence-corrected chi connectivity index (χ3v) is 7.68. The molecule has 1 saturated heterocycles. The van der Waals surface area contributed by atoms with Crippen LogP contribution in [0.4, 0.5) is 0 Å². The number of benzene rings is 1. The number of nitrogens with zero attached hydrogens (tertiary/aromatic N) is 3. The van der Waals surface area contributed by atoms with E-state index in [9.17, 15) is 19.2 Å². The molecule has 1 aromatic carbocycles. The summed E-state index contributed by atoms with van der Waals surface area (Å²) < 4.78 is 0. The number of aromatic nitrogens is 1. The number of carboxylic acid groups (broad SMARTS) is 3. The summed E-state index contributed by atoms with van der Waals surface area (Å²) in [5.74, 6) is -4.95. The van der Waals surface area contributed by atoms with Gasteiger partial charge in [-0.25, -0.2) is 9.78 Å². The number of likely N-dealkylation sites (N-methyl/N-ethyl adjacent to an activating group) is 1. The number of thiazole rings is 1. The summed E-state index contributed by atoms with van der Waals surface area (Å²) in [5.41, 5.74) is -0.847. The van der Waals surface area contributed by atoms with Crippen molar-refractivity contribution in [3.63, 3.8) is 0 Å². The summed E-state index contributed by atoms with van der Waals surface area (Å²) in [6.45, 7) is 9.35.